The molecular formula is C16H14ClNO4. The van der Waals surface area contributed by atoms with Gasteiger partial charge >= 0.3 is 5.97 Å². The third-order valence-electron chi connectivity index (χ3n) is 3.06. The molecule has 2 rings (SSSR count). The SMILES string of the molecule is COc1ccc(C(=O)O)cc1NC(=O)c1ccc(C)cc1Cl. The summed E-state index contributed by atoms with van der Waals surface area (Å²) in [5, 5.41) is 12.0. The van der Waals surface area contributed by atoms with E-state index in [4.69, 9.17) is 21.4 Å². The molecule has 0 aliphatic carbocycles. The normalized spacial score (nSPS) is 10.1. The lowest BCUT2D eigenvalue weighted by Gasteiger charge is -2.12. The number of aromatic carboxylic acids is 1. The lowest BCUT2D eigenvalue weighted by molar-refractivity contribution is 0.0696. The standard InChI is InChI=1S/C16H14ClNO4/c1-9-3-5-11(12(17)7-9)15(19)18-13-8-10(16(20)21)4-6-14(13)22-2/h3-8H,1-2H3,(H,18,19)(H,20,21). The minimum absolute atomic E-state index is 0.0473. The first-order chi connectivity index (χ1) is 10.4. The summed E-state index contributed by atoms with van der Waals surface area (Å²) in [6, 6.07) is 9.28. The molecule has 5 nitrogen and oxygen atoms in total. The molecule has 22 heavy (non-hydrogen) atoms. The number of rotatable bonds is 4. The molecule has 0 fully saturated rings. The Bertz CT molecular complexity index is 743. The summed E-state index contributed by atoms with van der Waals surface area (Å²) >= 11 is 6.06. The van der Waals surface area contributed by atoms with Crippen molar-refractivity contribution in [2.75, 3.05) is 12.4 Å². The average molecular weight is 320 g/mol. The molecule has 0 heterocycles. The zero-order valence-corrected chi connectivity index (χ0v) is 12.8. The minimum Gasteiger partial charge on any atom is -0.495 e. The number of carbonyl (C=O) groups excluding carboxylic acids is 1. The molecule has 6 heteroatoms. The molecule has 2 N–H and O–H groups in total. The Morgan fingerprint density at radius 3 is 2.50 bits per heavy atom. The predicted molar refractivity (Wildman–Crippen MR) is 84.1 cm³/mol. The lowest BCUT2D eigenvalue weighted by atomic mass is 10.1. The Morgan fingerprint density at radius 2 is 1.91 bits per heavy atom. The van der Waals surface area contributed by atoms with E-state index in [-0.39, 0.29) is 11.3 Å². The van der Waals surface area contributed by atoms with Gasteiger partial charge in [-0.05, 0) is 42.8 Å². The topological polar surface area (TPSA) is 75.6 Å². The van der Waals surface area contributed by atoms with Crippen molar-refractivity contribution in [2.24, 2.45) is 0 Å². The number of carboxylic acids is 1. The Morgan fingerprint density at radius 1 is 1.18 bits per heavy atom. The molecule has 0 saturated heterocycles. The van der Waals surface area contributed by atoms with Gasteiger partial charge < -0.3 is 15.2 Å². The van der Waals surface area contributed by atoms with Crippen molar-refractivity contribution in [1.29, 1.82) is 0 Å². The summed E-state index contributed by atoms with van der Waals surface area (Å²) in [6.45, 7) is 1.87. The van der Waals surface area contributed by atoms with Gasteiger partial charge in [-0.25, -0.2) is 4.79 Å². The first kappa shape index (κ1) is 15.9. The molecule has 0 unspecified atom stereocenters. The maximum atomic E-state index is 12.3. The van der Waals surface area contributed by atoms with Gasteiger partial charge in [0.1, 0.15) is 5.75 Å². The predicted octanol–water partition coefficient (Wildman–Crippen LogP) is 3.61. The highest BCUT2D eigenvalue weighted by Crippen LogP contribution is 2.27. The first-order valence-electron chi connectivity index (χ1n) is 6.41. The van der Waals surface area contributed by atoms with Crippen LogP contribution < -0.4 is 10.1 Å². The smallest absolute Gasteiger partial charge is 0.335 e. The van der Waals surface area contributed by atoms with Crippen LogP contribution in [0.3, 0.4) is 0 Å². The maximum absolute atomic E-state index is 12.3. The number of carbonyl (C=O) groups is 2. The van der Waals surface area contributed by atoms with Crippen LogP contribution in [-0.2, 0) is 0 Å². The largest absolute Gasteiger partial charge is 0.495 e. The van der Waals surface area contributed by atoms with Gasteiger partial charge in [0, 0.05) is 0 Å². The zero-order chi connectivity index (χ0) is 16.3. The van der Waals surface area contributed by atoms with Crippen molar-refractivity contribution >= 4 is 29.2 Å². The van der Waals surface area contributed by atoms with Crippen molar-refractivity contribution in [3.05, 3.63) is 58.1 Å². The van der Waals surface area contributed by atoms with E-state index in [0.717, 1.165) is 5.56 Å². The van der Waals surface area contributed by atoms with Crippen LogP contribution in [0.1, 0.15) is 26.3 Å². The summed E-state index contributed by atoms with van der Waals surface area (Å²) < 4.78 is 5.13. The molecule has 0 atom stereocenters. The van der Waals surface area contributed by atoms with Crippen LogP contribution in [0, 0.1) is 6.92 Å². The van der Waals surface area contributed by atoms with Gasteiger partial charge in [-0.1, -0.05) is 17.7 Å². The fraction of sp³-hybridized carbons (Fsp3) is 0.125. The van der Waals surface area contributed by atoms with E-state index >= 15 is 0 Å². The summed E-state index contributed by atoms with van der Waals surface area (Å²) in [7, 11) is 1.43. The quantitative estimate of drug-likeness (QED) is 0.902. The molecule has 114 valence electrons. The average Bonchev–Trinajstić information content (AvgIpc) is 2.46. The number of aryl methyl sites for hydroxylation is 1. The lowest BCUT2D eigenvalue weighted by Crippen LogP contribution is -2.14. The van der Waals surface area contributed by atoms with Gasteiger partial charge in [0.05, 0.1) is 28.9 Å². The number of hydrogen-bond donors (Lipinski definition) is 2. The highest BCUT2D eigenvalue weighted by Gasteiger charge is 2.15. The molecule has 0 saturated carbocycles. The van der Waals surface area contributed by atoms with Crippen molar-refractivity contribution in [3.8, 4) is 5.75 Å². The summed E-state index contributed by atoms with van der Waals surface area (Å²) in [5.41, 5.74) is 1.55. The van der Waals surface area contributed by atoms with E-state index in [2.05, 4.69) is 5.32 Å². The van der Waals surface area contributed by atoms with Crippen molar-refractivity contribution < 1.29 is 19.4 Å². The molecule has 0 radical (unpaired) electrons. The molecule has 0 spiro atoms. The summed E-state index contributed by atoms with van der Waals surface area (Å²) in [4.78, 5) is 23.3. The maximum Gasteiger partial charge on any atom is 0.335 e. The zero-order valence-electron chi connectivity index (χ0n) is 12.0. The van der Waals surface area contributed by atoms with Gasteiger partial charge in [-0.2, -0.15) is 0 Å². The van der Waals surface area contributed by atoms with E-state index in [1.807, 2.05) is 6.92 Å². The Hall–Kier alpha value is -2.53. The highest BCUT2D eigenvalue weighted by atomic mass is 35.5. The second-order valence-electron chi connectivity index (χ2n) is 4.66. The monoisotopic (exact) mass is 319 g/mol. The van der Waals surface area contributed by atoms with E-state index in [9.17, 15) is 9.59 Å². The molecule has 2 aromatic carbocycles. The summed E-state index contributed by atoms with van der Waals surface area (Å²) in [6.07, 6.45) is 0. The molecule has 0 bridgehead atoms. The van der Waals surface area contributed by atoms with Crippen LogP contribution in [0.25, 0.3) is 0 Å². The first-order valence-corrected chi connectivity index (χ1v) is 6.79. The Kier molecular flexibility index (Phi) is 4.68. The number of amides is 1. The van der Waals surface area contributed by atoms with Crippen molar-refractivity contribution in [1.82, 2.24) is 0 Å². The second-order valence-corrected chi connectivity index (χ2v) is 5.06. The number of benzene rings is 2. The van der Waals surface area contributed by atoms with E-state index in [1.54, 1.807) is 18.2 Å². The summed E-state index contributed by atoms with van der Waals surface area (Å²) in [5.74, 6) is -1.17. The van der Waals surface area contributed by atoms with Crippen LogP contribution >= 0.6 is 11.6 Å². The molecule has 2 aromatic rings. The van der Waals surface area contributed by atoms with Crippen LogP contribution in [0.15, 0.2) is 36.4 Å². The van der Waals surface area contributed by atoms with Gasteiger partial charge in [-0.15, -0.1) is 0 Å². The van der Waals surface area contributed by atoms with E-state index in [1.165, 1.54) is 25.3 Å². The highest BCUT2D eigenvalue weighted by molar-refractivity contribution is 6.34. The van der Waals surface area contributed by atoms with E-state index in [0.29, 0.717) is 16.3 Å². The second kappa shape index (κ2) is 6.49. The number of hydrogen-bond acceptors (Lipinski definition) is 3. The fourth-order valence-electron chi connectivity index (χ4n) is 1.93. The minimum atomic E-state index is -1.09. The number of anilines is 1. The van der Waals surface area contributed by atoms with Crippen LogP contribution in [0.4, 0.5) is 5.69 Å². The van der Waals surface area contributed by atoms with Gasteiger partial charge in [0.2, 0.25) is 0 Å². The number of ether oxygens (including phenoxy) is 1. The number of methoxy groups -OCH3 is 1. The van der Waals surface area contributed by atoms with Gasteiger partial charge in [-0.3, -0.25) is 4.79 Å². The van der Waals surface area contributed by atoms with Crippen LogP contribution in [-0.4, -0.2) is 24.1 Å². The third kappa shape index (κ3) is 3.38. The van der Waals surface area contributed by atoms with Crippen molar-refractivity contribution in [3.63, 3.8) is 0 Å². The van der Waals surface area contributed by atoms with Crippen LogP contribution in [0.5, 0.6) is 5.75 Å². The Balaban J connectivity index is 2.34. The van der Waals surface area contributed by atoms with Crippen LogP contribution in [0.2, 0.25) is 5.02 Å². The third-order valence-corrected chi connectivity index (χ3v) is 3.38. The number of halogens is 1. The van der Waals surface area contributed by atoms with Crippen molar-refractivity contribution in [2.45, 2.75) is 6.92 Å². The number of carboxylic acid groups (broad SMARTS) is 1. The van der Waals surface area contributed by atoms with E-state index < -0.39 is 11.9 Å². The number of nitrogens with one attached hydrogen (secondary N) is 1. The fourth-order valence-corrected chi connectivity index (χ4v) is 2.25. The van der Waals surface area contributed by atoms with Gasteiger partial charge in [0.25, 0.3) is 5.91 Å². The molecular weight excluding hydrogens is 306 g/mol. The molecule has 0 aromatic heterocycles. The Labute approximate surface area is 132 Å². The molecule has 0 aliphatic rings. The molecule has 0 aliphatic heterocycles. The van der Waals surface area contributed by atoms with Gasteiger partial charge in [0.15, 0.2) is 0 Å². The molecule has 1 amide bonds.